The summed E-state index contributed by atoms with van der Waals surface area (Å²) < 4.78 is 54.6. The zero-order valence-electron chi connectivity index (χ0n) is 29.6. The van der Waals surface area contributed by atoms with Crippen molar-refractivity contribution in [3.05, 3.63) is 108 Å². The van der Waals surface area contributed by atoms with Gasteiger partial charge in [-0.2, -0.15) is 0 Å². The maximum absolute atomic E-state index is 12.4. The number of aliphatic hydroxyl groups excluding tert-OH is 1. The third kappa shape index (κ3) is 10.9. The fraction of sp³-hybridized carbons (Fsp3) is 0.462. The first-order valence-electron chi connectivity index (χ1n) is 17.2. The van der Waals surface area contributed by atoms with Crippen LogP contribution in [-0.2, 0) is 76.8 Å². The van der Waals surface area contributed by atoms with Gasteiger partial charge in [0.15, 0.2) is 30.9 Å². The molecule has 5 rings (SSSR count). The lowest BCUT2D eigenvalue weighted by molar-refractivity contribution is -0.369. The van der Waals surface area contributed by atoms with Gasteiger partial charge in [0.05, 0.1) is 25.9 Å². The van der Waals surface area contributed by atoms with E-state index in [4.69, 9.17) is 42.6 Å². The third-order valence-corrected chi connectivity index (χ3v) is 8.54. The van der Waals surface area contributed by atoms with E-state index < -0.39 is 85.9 Å². The molecule has 280 valence electrons. The Morgan fingerprint density at radius 3 is 1.52 bits per heavy atom. The maximum atomic E-state index is 12.4. The molecule has 13 nitrogen and oxygen atoms in total. The average Bonchev–Trinajstić information content (AvgIpc) is 3.12. The molecule has 0 aromatic heterocycles. The van der Waals surface area contributed by atoms with Crippen LogP contribution in [0.25, 0.3) is 0 Å². The Morgan fingerprint density at radius 1 is 0.577 bits per heavy atom. The van der Waals surface area contributed by atoms with E-state index in [1.165, 1.54) is 6.92 Å². The van der Waals surface area contributed by atoms with Gasteiger partial charge in [0.1, 0.15) is 31.0 Å². The molecule has 0 amide bonds. The van der Waals surface area contributed by atoms with Crippen molar-refractivity contribution in [3.8, 4) is 0 Å². The second kappa shape index (κ2) is 19.0. The Kier molecular flexibility index (Phi) is 14.3. The number of aliphatic hydroxyl groups is 1. The van der Waals surface area contributed by atoms with E-state index in [1.54, 1.807) is 0 Å². The first-order valence-corrected chi connectivity index (χ1v) is 17.2. The maximum Gasteiger partial charge on any atom is 0.303 e. The van der Waals surface area contributed by atoms with E-state index >= 15 is 0 Å². The predicted molar refractivity (Wildman–Crippen MR) is 183 cm³/mol. The summed E-state index contributed by atoms with van der Waals surface area (Å²) in [5.74, 6) is -2.10. The number of rotatable bonds is 15. The number of carbonyl (C=O) groups excluding carboxylic acids is 3. The smallest absolute Gasteiger partial charge is 0.303 e. The van der Waals surface area contributed by atoms with Crippen molar-refractivity contribution in [2.24, 2.45) is 0 Å². The Balaban J connectivity index is 1.48. The standard InChI is InChI=1S/C39H46O13/c1-24-32(45-20-28-14-8-5-9-15-28)34(46-21-29-16-10-6-11-17-29)37(47-22-30-18-12-7-13-19-30)39(48-24)52-36-35(50-27(4)42)33(49-26(3)41)31(51-38(36)43)23-44-25(2)40/h5-19,24,31-39,43H,20-23H2,1-4H3/t24-,31+,32+,33-,34+,35-,36+,37-,38-,39+/m0/s1. The monoisotopic (exact) mass is 722 g/mol. The van der Waals surface area contributed by atoms with Crippen molar-refractivity contribution in [1.29, 1.82) is 0 Å². The Hall–Kier alpha value is -4.21. The first-order chi connectivity index (χ1) is 25.1. The Labute approximate surface area is 302 Å². The normalized spacial score (nSPS) is 28.8. The number of carbonyl (C=O) groups is 3. The summed E-state index contributed by atoms with van der Waals surface area (Å²) in [7, 11) is 0. The van der Waals surface area contributed by atoms with Crippen LogP contribution in [-0.4, -0.2) is 91.0 Å². The van der Waals surface area contributed by atoms with Gasteiger partial charge in [-0.05, 0) is 23.6 Å². The molecule has 0 saturated carbocycles. The van der Waals surface area contributed by atoms with E-state index in [0.29, 0.717) is 0 Å². The van der Waals surface area contributed by atoms with E-state index in [2.05, 4.69) is 0 Å². The van der Waals surface area contributed by atoms with Crippen LogP contribution >= 0.6 is 0 Å². The highest BCUT2D eigenvalue weighted by molar-refractivity contribution is 5.68. The van der Waals surface area contributed by atoms with Gasteiger partial charge in [-0.25, -0.2) is 0 Å². The molecule has 0 spiro atoms. The molecule has 3 aromatic rings. The van der Waals surface area contributed by atoms with Gasteiger partial charge in [0.25, 0.3) is 0 Å². The van der Waals surface area contributed by atoms with Crippen LogP contribution in [0.4, 0.5) is 0 Å². The van der Waals surface area contributed by atoms with Gasteiger partial charge in [-0.1, -0.05) is 91.0 Å². The SMILES string of the molecule is CC(=O)OC[C@H]1O[C@H](O)[C@H](O[C@H]2O[C@@H](C)[C@@H](OCc3ccccc3)[C@@H](OCc3ccccc3)[C@@H]2OCc2ccccc2)[C@@H](OC(C)=O)[C@H]1OC(C)=O. The molecule has 2 aliphatic heterocycles. The van der Waals surface area contributed by atoms with Crippen LogP contribution in [0.1, 0.15) is 44.4 Å². The highest BCUT2D eigenvalue weighted by atomic mass is 16.8. The van der Waals surface area contributed by atoms with Crippen LogP contribution in [0.3, 0.4) is 0 Å². The number of benzene rings is 3. The van der Waals surface area contributed by atoms with Crippen LogP contribution in [0.2, 0.25) is 0 Å². The molecule has 2 heterocycles. The van der Waals surface area contributed by atoms with Gasteiger partial charge in [0.2, 0.25) is 0 Å². The summed E-state index contributed by atoms with van der Waals surface area (Å²) in [5.41, 5.74) is 2.73. The molecule has 2 aliphatic rings. The molecule has 2 fully saturated rings. The van der Waals surface area contributed by atoms with Crippen LogP contribution < -0.4 is 0 Å². The van der Waals surface area contributed by atoms with Gasteiger partial charge in [0, 0.05) is 20.8 Å². The lowest BCUT2D eigenvalue weighted by atomic mass is 9.96. The van der Waals surface area contributed by atoms with E-state index in [0.717, 1.165) is 30.5 Å². The topological polar surface area (TPSA) is 155 Å². The number of hydrogen-bond donors (Lipinski definition) is 1. The second-order valence-electron chi connectivity index (χ2n) is 12.6. The molecule has 10 atom stereocenters. The number of esters is 3. The highest BCUT2D eigenvalue weighted by Crippen LogP contribution is 2.35. The molecule has 3 aromatic carbocycles. The van der Waals surface area contributed by atoms with Crippen molar-refractivity contribution < 1.29 is 62.1 Å². The van der Waals surface area contributed by atoms with Gasteiger partial charge in [-0.15, -0.1) is 0 Å². The van der Waals surface area contributed by atoms with E-state index in [-0.39, 0.29) is 19.8 Å². The molecule has 0 radical (unpaired) electrons. The van der Waals surface area contributed by atoms with Crippen molar-refractivity contribution in [2.75, 3.05) is 6.61 Å². The average molecular weight is 723 g/mol. The summed E-state index contributed by atoms with van der Waals surface area (Å²) in [6, 6.07) is 28.8. The summed E-state index contributed by atoms with van der Waals surface area (Å²) in [6.45, 7) is 5.54. The molecule has 2 saturated heterocycles. The summed E-state index contributed by atoms with van der Waals surface area (Å²) in [6.07, 6.45) is -11.4. The molecule has 0 aliphatic carbocycles. The van der Waals surface area contributed by atoms with Crippen LogP contribution in [0, 0.1) is 0 Å². The minimum absolute atomic E-state index is 0.136. The predicted octanol–water partition coefficient (Wildman–Crippen LogP) is 4.02. The van der Waals surface area contributed by atoms with Crippen molar-refractivity contribution in [3.63, 3.8) is 0 Å². The van der Waals surface area contributed by atoms with E-state index in [9.17, 15) is 19.5 Å². The zero-order valence-corrected chi connectivity index (χ0v) is 29.6. The van der Waals surface area contributed by atoms with Crippen LogP contribution in [0.5, 0.6) is 0 Å². The molecule has 52 heavy (non-hydrogen) atoms. The van der Waals surface area contributed by atoms with Crippen molar-refractivity contribution >= 4 is 17.9 Å². The third-order valence-electron chi connectivity index (χ3n) is 8.54. The van der Waals surface area contributed by atoms with Crippen molar-refractivity contribution in [1.82, 2.24) is 0 Å². The molecule has 0 unspecified atom stereocenters. The molecule has 0 bridgehead atoms. The fourth-order valence-electron chi connectivity index (χ4n) is 6.17. The van der Waals surface area contributed by atoms with E-state index in [1.807, 2.05) is 97.9 Å². The minimum Gasteiger partial charge on any atom is -0.463 e. The second-order valence-corrected chi connectivity index (χ2v) is 12.6. The van der Waals surface area contributed by atoms with Gasteiger partial charge in [-0.3, -0.25) is 14.4 Å². The lowest BCUT2D eigenvalue weighted by Gasteiger charge is -2.48. The summed E-state index contributed by atoms with van der Waals surface area (Å²) >= 11 is 0. The van der Waals surface area contributed by atoms with Gasteiger partial charge < -0.3 is 47.7 Å². The molecular weight excluding hydrogens is 676 g/mol. The summed E-state index contributed by atoms with van der Waals surface area (Å²) in [4.78, 5) is 36.3. The largest absolute Gasteiger partial charge is 0.463 e. The fourth-order valence-corrected chi connectivity index (χ4v) is 6.17. The molecule has 13 heteroatoms. The molecule has 1 N–H and O–H groups in total. The first kappa shape index (κ1) is 39.0. The summed E-state index contributed by atoms with van der Waals surface area (Å²) in [5, 5.41) is 11.3. The van der Waals surface area contributed by atoms with Gasteiger partial charge >= 0.3 is 17.9 Å². The Bertz CT molecular complexity index is 1560. The quantitative estimate of drug-likeness (QED) is 0.178. The van der Waals surface area contributed by atoms with Crippen LogP contribution in [0.15, 0.2) is 91.0 Å². The lowest BCUT2D eigenvalue weighted by Crippen LogP contribution is -2.65. The van der Waals surface area contributed by atoms with Crippen molar-refractivity contribution in [2.45, 2.75) is 109 Å². The molecular formula is C39H46O13. The number of hydrogen-bond acceptors (Lipinski definition) is 13. The zero-order chi connectivity index (χ0) is 37.0. The highest BCUT2D eigenvalue weighted by Gasteiger charge is 2.55. The minimum atomic E-state index is -1.75. The number of ether oxygens (including phenoxy) is 9. The Morgan fingerprint density at radius 2 is 1.04 bits per heavy atom.